The van der Waals surface area contributed by atoms with Crippen LogP contribution in [0.15, 0.2) is 42.6 Å². The van der Waals surface area contributed by atoms with Crippen molar-refractivity contribution < 1.29 is 24.1 Å². The lowest BCUT2D eigenvalue weighted by Crippen LogP contribution is -2.55. The van der Waals surface area contributed by atoms with Crippen molar-refractivity contribution in [1.29, 1.82) is 0 Å². The molecular formula is C32H38N2O5. The van der Waals surface area contributed by atoms with Gasteiger partial charge in [-0.15, -0.1) is 6.42 Å². The number of benzene rings is 1. The fraction of sp³-hybridized carbons (Fsp3) is 0.500. The Kier molecular flexibility index (Phi) is 7.19. The molecule has 1 saturated heterocycles. The zero-order valence-corrected chi connectivity index (χ0v) is 23.3. The van der Waals surface area contributed by atoms with Gasteiger partial charge in [0.2, 0.25) is 5.78 Å². The number of carbonyl (C=O) groups is 1. The molecule has 0 amide bonds. The van der Waals surface area contributed by atoms with Crippen molar-refractivity contribution in [2.24, 2.45) is 5.41 Å². The van der Waals surface area contributed by atoms with Crippen LogP contribution in [0.2, 0.25) is 0 Å². The number of nitrogens with one attached hydrogen (secondary N) is 1. The first kappa shape index (κ1) is 27.5. The number of ketones is 1. The maximum absolute atomic E-state index is 13.2. The van der Waals surface area contributed by atoms with E-state index in [1.54, 1.807) is 14.2 Å². The number of Topliss-reactive ketones (excluding diaryl/α,β-unsaturated/α-hetero) is 1. The van der Waals surface area contributed by atoms with Gasteiger partial charge in [0.05, 0.1) is 25.0 Å². The van der Waals surface area contributed by atoms with Crippen molar-refractivity contribution in [2.45, 2.75) is 69.2 Å². The van der Waals surface area contributed by atoms with Gasteiger partial charge in [-0.1, -0.05) is 50.1 Å². The molecule has 206 valence electrons. The number of hydrogen-bond donors (Lipinski definition) is 2. The van der Waals surface area contributed by atoms with E-state index in [9.17, 15) is 9.90 Å². The standard InChI is InChI=1S/C32H38N2O5/c1-6-25-17-33-28(34-25)27(35)15-23-7-8-24(16-26(23)22-9-11-29(2,3)12-10-22)32(36)18-30(20-37-4)13-14-31(19-32,39-30)21-38-5/h1,7-9,13-14,16-17,36H,10-12,15,18-21H2,2-5H3,(H,33,34)/t30-,31+,32?. The van der Waals surface area contributed by atoms with Crippen LogP contribution >= 0.6 is 0 Å². The van der Waals surface area contributed by atoms with Crippen LogP contribution in [-0.4, -0.2) is 59.5 Å². The third kappa shape index (κ3) is 5.39. The first-order valence-electron chi connectivity index (χ1n) is 13.5. The zero-order valence-electron chi connectivity index (χ0n) is 23.3. The Bertz CT molecular complexity index is 1340. The normalized spacial score (nSPS) is 29.2. The SMILES string of the molecule is C#Cc1cnc(C(=O)Cc2ccc(C3(O)C[C@@]4(COC)C=C[C@@](COC)(C3)O4)cc2C2=CCC(C)(C)CC2)[nH]1. The maximum Gasteiger partial charge on any atom is 0.202 e. The molecule has 39 heavy (non-hydrogen) atoms. The molecule has 2 bridgehead atoms. The molecule has 1 unspecified atom stereocenters. The monoisotopic (exact) mass is 530 g/mol. The van der Waals surface area contributed by atoms with E-state index in [-0.39, 0.29) is 23.4 Å². The fourth-order valence-electron chi connectivity index (χ4n) is 6.40. The summed E-state index contributed by atoms with van der Waals surface area (Å²) in [6.07, 6.45) is 17.1. The van der Waals surface area contributed by atoms with Crippen molar-refractivity contribution in [1.82, 2.24) is 9.97 Å². The molecule has 0 saturated carbocycles. The van der Waals surface area contributed by atoms with Crippen LogP contribution < -0.4 is 0 Å². The highest BCUT2D eigenvalue weighted by Gasteiger charge is 2.57. The molecule has 1 aromatic heterocycles. The van der Waals surface area contributed by atoms with E-state index < -0.39 is 16.8 Å². The van der Waals surface area contributed by atoms with Gasteiger partial charge in [-0.05, 0) is 53.0 Å². The Morgan fingerprint density at radius 2 is 1.87 bits per heavy atom. The molecular weight excluding hydrogens is 492 g/mol. The van der Waals surface area contributed by atoms with E-state index in [0.29, 0.717) is 31.7 Å². The molecule has 3 atom stereocenters. The zero-order chi connectivity index (χ0) is 27.9. The van der Waals surface area contributed by atoms with Crippen LogP contribution in [0.25, 0.3) is 5.57 Å². The second-order valence-corrected chi connectivity index (χ2v) is 12.2. The van der Waals surface area contributed by atoms with Crippen molar-refractivity contribution in [3.63, 3.8) is 0 Å². The smallest absolute Gasteiger partial charge is 0.202 e. The van der Waals surface area contributed by atoms with Crippen molar-refractivity contribution in [3.8, 4) is 12.3 Å². The third-order valence-corrected chi connectivity index (χ3v) is 8.37. The van der Waals surface area contributed by atoms with Crippen LogP contribution in [0.5, 0.6) is 0 Å². The maximum atomic E-state index is 13.2. The van der Waals surface area contributed by atoms with Crippen LogP contribution in [0, 0.1) is 17.8 Å². The highest BCUT2D eigenvalue weighted by molar-refractivity contribution is 5.95. The van der Waals surface area contributed by atoms with Crippen LogP contribution in [-0.2, 0) is 26.2 Å². The number of hydrogen-bond acceptors (Lipinski definition) is 6. The van der Waals surface area contributed by atoms with Gasteiger partial charge in [0.15, 0.2) is 5.82 Å². The summed E-state index contributed by atoms with van der Waals surface area (Å²) in [4.78, 5) is 20.3. The minimum atomic E-state index is -1.17. The Labute approximate surface area is 230 Å². The van der Waals surface area contributed by atoms with Gasteiger partial charge in [-0.2, -0.15) is 0 Å². The summed E-state index contributed by atoms with van der Waals surface area (Å²) in [5, 5.41) is 12.2. The number of terminal acetylenes is 1. The van der Waals surface area contributed by atoms with Gasteiger partial charge < -0.3 is 24.3 Å². The second kappa shape index (κ2) is 10.2. The number of aromatic amines is 1. The molecule has 1 aliphatic carbocycles. The van der Waals surface area contributed by atoms with E-state index >= 15 is 0 Å². The highest BCUT2D eigenvalue weighted by Crippen LogP contribution is 2.52. The van der Waals surface area contributed by atoms with Crippen LogP contribution in [0.1, 0.15) is 79.0 Å². The molecule has 3 aliphatic rings. The molecule has 1 fully saturated rings. The molecule has 1 aromatic carbocycles. The van der Waals surface area contributed by atoms with Gasteiger partial charge >= 0.3 is 0 Å². The number of rotatable bonds is 9. The fourth-order valence-corrected chi connectivity index (χ4v) is 6.40. The van der Waals surface area contributed by atoms with E-state index in [2.05, 4.69) is 41.9 Å². The summed E-state index contributed by atoms with van der Waals surface area (Å²) in [5.41, 5.74) is 1.98. The minimum Gasteiger partial charge on any atom is -0.385 e. The molecule has 2 N–H and O–H groups in total. The van der Waals surface area contributed by atoms with E-state index in [0.717, 1.165) is 36.0 Å². The third-order valence-electron chi connectivity index (χ3n) is 8.37. The number of methoxy groups -OCH3 is 2. The summed E-state index contributed by atoms with van der Waals surface area (Å²) in [6.45, 7) is 5.22. The highest BCUT2D eigenvalue weighted by atomic mass is 16.6. The number of allylic oxidation sites excluding steroid dienone is 2. The second-order valence-electron chi connectivity index (χ2n) is 12.2. The van der Waals surface area contributed by atoms with Crippen LogP contribution in [0.4, 0.5) is 0 Å². The molecule has 2 aliphatic heterocycles. The van der Waals surface area contributed by atoms with E-state index in [4.69, 9.17) is 20.6 Å². The quantitative estimate of drug-likeness (QED) is 0.276. The van der Waals surface area contributed by atoms with E-state index in [1.807, 2.05) is 24.3 Å². The molecule has 0 spiro atoms. The Morgan fingerprint density at radius 1 is 1.18 bits per heavy atom. The molecule has 5 rings (SSSR count). The molecule has 7 heteroatoms. The first-order chi connectivity index (χ1) is 18.5. The molecule has 7 nitrogen and oxygen atoms in total. The van der Waals surface area contributed by atoms with Crippen LogP contribution in [0.3, 0.4) is 0 Å². The first-order valence-corrected chi connectivity index (χ1v) is 13.5. The van der Waals surface area contributed by atoms with Crippen molar-refractivity contribution in [2.75, 3.05) is 27.4 Å². The summed E-state index contributed by atoms with van der Waals surface area (Å²) >= 11 is 0. The summed E-state index contributed by atoms with van der Waals surface area (Å²) in [6, 6.07) is 6.00. The number of nitrogens with zero attached hydrogens (tertiary/aromatic N) is 1. The Morgan fingerprint density at radius 3 is 2.44 bits per heavy atom. The molecule has 2 aromatic rings. The number of carbonyl (C=O) groups excluding carboxylic acids is 1. The number of aromatic nitrogens is 2. The summed E-state index contributed by atoms with van der Waals surface area (Å²) < 4.78 is 17.5. The molecule has 3 heterocycles. The minimum absolute atomic E-state index is 0.132. The van der Waals surface area contributed by atoms with Gasteiger partial charge in [-0.25, -0.2) is 4.98 Å². The van der Waals surface area contributed by atoms with Crippen molar-refractivity contribution >= 4 is 11.4 Å². The average molecular weight is 531 g/mol. The van der Waals surface area contributed by atoms with Crippen molar-refractivity contribution in [3.05, 3.63) is 70.8 Å². The predicted molar refractivity (Wildman–Crippen MR) is 149 cm³/mol. The summed E-state index contributed by atoms with van der Waals surface area (Å²) in [7, 11) is 3.28. The topological polar surface area (TPSA) is 93.7 Å². The number of fused-ring (bicyclic) bond motifs is 2. The van der Waals surface area contributed by atoms with Gasteiger partial charge in [0.1, 0.15) is 16.9 Å². The number of imidazole rings is 1. The summed E-state index contributed by atoms with van der Waals surface area (Å²) in [5.74, 6) is 2.60. The lowest BCUT2D eigenvalue weighted by Gasteiger charge is -2.48. The number of ether oxygens (including phenoxy) is 3. The average Bonchev–Trinajstić information content (AvgIpc) is 3.47. The Hall–Kier alpha value is -3.02. The number of aliphatic hydroxyl groups is 1. The Balaban J connectivity index is 1.53. The van der Waals surface area contributed by atoms with Gasteiger partial charge in [0, 0.05) is 33.5 Å². The lowest BCUT2D eigenvalue weighted by atomic mass is 9.73. The van der Waals surface area contributed by atoms with Gasteiger partial charge in [0.25, 0.3) is 0 Å². The van der Waals surface area contributed by atoms with E-state index in [1.165, 1.54) is 11.8 Å². The lowest BCUT2D eigenvalue weighted by molar-refractivity contribution is -0.225. The largest absolute Gasteiger partial charge is 0.385 e. The number of H-pyrrole nitrogens is 1. The predicted octanol–water partition coefficient (Wildman–Crippen LogP) is 4.75. The molecule has 0 radical (unpaired) electrons. The van der Waals surface area contributed by atoms with Gasteiger partial charge in [-0.3, -0.25) is 4.79 Å².